The fraction of sp³-hybridized carbons (Fsp3) is 0.105. The minimum absolute atomic E-state index is 0.182. The first-order chi connectivity index (χ1) is 11.3. The van der Waals surface area contributed by atoms with Gasteiger partial charge < -0.3 is 14.7 Å². The molecule has 1 N–H and O–H groups in total. The molecule has 0 heterocycles. The SMILES string of the molecule is COc1ccc(/C(COc2ccc3ccccc3c2)=N/O)cc1. The predicted octanol–water partition coefficient (Wildman–Crippen LogP) is 4.11. The van der Waals surface area contributed by atoms with E-state index < -0.39 is 0 Å². The summed E-state index contributed by atoms with van der Waals surface area (Å²) in [5.74, 6) is 1.49. The molecule has 0 spiro atoms. The molecule has 4 nitrogen and oxygen atoms in total. The normalized spacial score (nSPS) is 11.4. The van der Waals surface area contributed by atoms with Crippen LogP contribution in [0, 0.1) is 0 Å². The van der Waals surface area contributed by atoms with Gasteiger partial charge in [0.15, 0.2) is 0 Å². The Morgan fingerprint density at radius 3 is 2.30 bits per heavy atom. The van der Waals surface area contributed by atoms with Gasteiger partial charge in [0, 0.05) is 5.56 Å². The molecule has 0 saturated carbocycles. The molecular weight excluding hydrogens is 290 g/mol. The van der Waals surface area contributed by atoms with E-state index in [1.807, 2.05) is 60.7 Å². The summed E-state index contributed by atoms with van der Waals surface area (Å²) < 4.78 is 10.9. The lowest BCUT2D eigenvalue weighted by Crippen LogP contribution is -2.13. The lowest BCUT2D eigenvalue weighted by atomic mass is 10.1. The van der Waals surface area contributed by atoms with E-state index in [4.69, 9.17) is 9.47 Å². The molecule has 0 saturated heterocycles. The summed E-state index contributed by atoms with van der Waals surface area (Å²) in [6.45, 7) is 0.182. The molecule has 0 radical (unpaired) electrons. The van der Waals surface area contributed by atoms with Gasteiger partial charge in [0.05, 0.1) is 7.11 Å². The summed E-state index contributed by atoms with van der Waals surface area (Å²) in [5.41, 5.74) is 1.25. The van der Waals surface area contributed by atoms with Crippen molar-refractivity contribution in [2.24, 2.45) is 5.16 Å². The summed E-state index contributed by atoms with van der Waals surface area (Å²) >= 11 is 0. The molecule has 0 atom stereocenters. The Kier molecular flexibility index (Phi) is 4.43. The molecule has 3 aromatic carbocycles. The van der Waals surface area contributed by atoms with Gasteiger partial charge >= 0.3 is 0 Å². The van der Waals surface area contributed by atoms with Crippen LogP contribution in [0.4, 0.5) is 0 Å². The highest BCUT2D eigenvalue weighted by molar-refractivity contribution is 6.01. The van der Waals surface area contributed by atoms with Crippen molar-refractivity contribution in [3.8, 4) is 11.5 Å². The molecule has 0 aliphatic carbocycles. The van der Waals surface area contributed by atoms with Gasteiger partial charge in [-0.05, 0) is 47.2 Å². The third-order valence-electron chi connectivity index (χ3n) is 3.64. The average molecular weight is 307 g/mol. The Morgan fingerprint density at radius 1 is 0.913 bits per heavy atom. The average Bonchev–Trinajstić information content (AvgIpc) is 2.62. The molecule has 0 aromatic heterocycles. The molecule has 4 heteroatoms. The van der Waals surface area contributed by atoms with Crippen LogP contribution in [0.15, 0.2) is 71.9 Å². The van der Waals surface area contributed by atoms with E-state index in [0.717, 1.165) is 27.8 Å². The van der Waals surface area contributed by atoms with E-state index in [2.05, 4.69) is 11.2 Å². The van der Waals surface area contributed by atoms with Crippen LogP contribution < -0.4 is 9.47 Å². The smallest absolute Gasteiger partial charge is 0.134 e. The van der Waals surface area contributed by atoms with Crippen molar-refractivity contribution in [1.82, 2.24) is 0 Å². The summed E-state index contributed by atoms with van der Waals surface area (Å²) in [5, 5.41) is 14.8. The topological polar surface area (TPSA) is 51.0 Å². The van der Waals surface area contributed by atoms with Crippen LogP contribution in [0.25, 0.3) is 10.8 Å². The number of hydrogen-bond acceptors (Lipinski definition) is 4. The first kappa shape index (κ1) is 14.9. The highest BCUT2D eigenvalue weighted by Gasteiger charge is 2.07. The van der Waals surface area contributed by atoms with Crippen LogP contribution in [0.5, 0.6) is 11.5 Å². The first-order valence-electron chi connectivity index (χ1n) is 7.27. The van der Waals surface area contributed by atoms with Crippen LogP contribution in [-0.4, -0.2) is 24.6 Å². The van der Waals surface area contributed by atoms with Crippen molar-refractivity contribution in [3.63, 3.8) is 0 Å². The second-order valence-electron chi connectivity index (χ2n) is 5.07. The van der Waals surface area contributed by atoms with E-state index in [1.54, 1.807) is 7.11 Å². The van der Waals surface area contributed by atoms with Crippen LogP contribution in [0.3, 0.4) is 0 Å². The summed E-state index contributed by atoms with van der Waals surface area (Å²) in [6.07, 6.45) is 0. The zero-order valence-electron chi connectivity index (χ0n) is 12.8. The van der Waals surface area contributed by atoms with E-state index in [0.29, 0.717) is 5.71 Å². The quantitative estimate of drug-likeness (QED) is 0.438. The van der Waals surface area contributed by atoms with E-state index in [9.17, 15) is 5.21 Å². The lowest BCUT2D eigenvalue weighted by Gasteiger charge is -2.09. The fourth-order valence-corrected chi connectivity index (χ4v) is 2.36. The summed E-state index contributed by atoms with van der Waals surface area (Å²) in [7, 11) is 1.61. The van der Waals surface area contributed by atoms with E-state index in [1.165, 1.54) is 0 Å². The molecule has 0 fully saturated rings. The van der Waals surface area contributed by atoms with E-state index in [-0.39, 0.29) is 6.61 Å². The first-order valence-corrected chi connectivity index (χ1v) is 7.27. The zero-order chi connectivity index (χ0) is 16.1. The van der Waals surface area contributed by atoms with Gasteiger partial charge in [0.1, 0.15) is 23.8 Å². The van der Waals surface area contributed by atoms with Crippen molar-refractivity contribution < 1.29 is 14.7 Å². The van der Waals surface area contributed by atoms with Gasteiger partial charge in [-0.2, -0.15) is 0 Å². The minimum Gasteiger partial charge on any atom is -0.497 e. The molecule has 0 aliphatic heterocycles. The molecule has 116 valence electrons. The van der Waals surface area contributed by atoms with Crippen LogP contribution >= 0.6 is 0 Å². The summed E-state index contributed by atoms with van der Waals surface area (Å²) in [4.78, 5) is 0. The van der Waals surface area contributed by atoms with Gasteiger partial charge in [-0.25, -0.2) is 0 Å². The maximum atomic E-state index is 9.23. The molecular formula is C19H17NO3. The molecule has 0 bridgehead atoms. The number of oxime groups is 1. The van der Waals surface area contributed by atoms with Crippen molar-refractivity contribution in [2.45, 2.75) is 0 Å². The van der Waals surface area contributed by atoms with Gasteiger partial charge in [0.25, 0.3) is 0 Å². The van der Waals surface area contributed by atoms with Crippen molar-refractivity contribution >= 4 is 16.5 Å². The highest BCUT2D eigenvalue weighted by Crippen LogP contribution is 2.21. The minimum atomic E-state index is 0.182. The fourth-order valence-electron chi connectivity index (χ4n) is 2.36. The summed E-state index contributed by atoms with van der Waals surface area (Å²) in [6, 6.07) is 21.3. The molecule has 0 amide bonds. The Balaban J connectivity index is 1.73. The zero-order valence-corrected chi connectivity index (χ0v) is 12.8. The standard InChI is InChI=1S/C19H17NO3/c1-22-17-9-7-15(8-10-17)19(20-21)13-23-18-11-6-14-4-2-3-5-16(14)12-18/h2-12,21H,13H2,1H3/b20-19+. The van der Waals surface area contributed by atoms with Crippen molar-refractivity contribution in [1.29, 1.82) is 0 Å². The second kappa shape index (κ2) is 6.83. The Morgan fingerprint density at radius 2 is 1.61 bits per heavy atom. The number of hydrogen-bond donors (Lipinski definition) is 1. The maximum absolute atomic E-state index is 9.23. The van der Waals surface area contributed by atoms with Gasteiger partial charge in [0.2, 0.25) is 0 Å². The number of nitrogens with zero attached hydrogens (tertiary/aromatic N) is 1. The molecule has 3 aromatic rings. The number of methoxy groups -OCH3 is 1. The van der Waals surface area contributed by atoms with Crippen LogP contribution in [-0.2, 0) is 0 Å². The van der Waals surface area contributed by atoms with Gasteiger partial charge in [-0.3, -0.25) is 0 Å². The molecule has 0 aliphatic rings. The number of rotatable bonds is 5. The third-order valence-corrected chi connectivity index (χ3v) is 3.64. The second-order valence-corrected chi connectivity index (χ2v) is 5.07. The monoisotopic (exact) mass is 307 g/mol. The number of benzene rings is 3. The molecule has 0 unspecified atom stereocenters. The van der Waals surface area contributed by atoms with E-state index >= 15 is 0 Å². The highest BCUT2D eigenvalue weighted by atomic mass is 16.5. The van der Waals surface area contributed by atoms with Crippen molar-refractivity contribution in [3.05, 3.63) is 72.3 Å². The van der Waals surface area contributed by atoms with Gasteiger partial charge in [-0.1, -0.05) is 35.5 Å². The Bertz CT molecular complexity index is 825. The van der Waals surface area contributed by atoms with Crippen LogP contribution in [0.2, 0.25) is 0 Å². The van der Waals surface area contributed by atoms with Gasteiger partial charge in [-0.15, -0.1) is 0 Å². The lowest BCUT2D eigenvalue weighted by molar-refractivity contribution is 0.308. The third kappa shape index (κ3) is 3.43. The maximum Gasteiger partial charge on any atom is 0.134 e. The van der Waals surface area contributed by atoms with Crippen molar-refractivity contribution in [2.75, 3.05) is 13.7 Å². The number of ether oxygens (including phenoxy) is 2. The Hall–Kier alpha value is -3.01. The predicted molar refractivity (Wildman–Crippen MR) is 90.8 cm³/mol. The van der Waals surface area contributed by atoms with Crippen LogP contribution in [0.1, 0.15) is 5.56 Å². The molecule has 23 heavy (non-hydrogen) atoms. The Labute approximate surface area is 134 Å². The molecule has 3 rings (SSSR count). The largest absolute Gasteiger partial charge is 0.497 e. The number of fused-ring (bicyclic) bond motifs is 1.